The van der Waals surface area contributed by atoms with Crippen LogP contribution in [0.4, 0.5) is 4.39 Å². The average molecular weight is 441 g/mol. The Balaban J connectivity index is 2.13. The molecule has 0 spiro atoms. The number of nitrogens with one attached hydrogen (secondary N) is 1. The molecule has 6 nitrogen and oxygen atoms in total. The molecule has 2 atom stereocenters. The van der Waals surface area contributed by atoms with Crippen molar-refractivity contribution in [2.24, 2.45) is 10.7 Å². The highest BCUT2D eigenvalue weighted by Gasteiger charge is 2.32. The van der Waals surface area contributed by atoms with E-state index < -0.39 is 12.3 Å². The molecular formula is C17H18BrFN4O2S. The van der Waals surface area contributed by atoms with Gasteiger partial charge in [-0.2, -0.15) is 0 Å². The molecule has 0 bridgehead atoms. The van der Waals surface area contributed by atoms with Crippen LogP contribution in [0.25, 0.3) is 0 Å². The summed E-state index contributed by atoms with van der Waals surface area (Å²) in [5.74, 6) is 0.183. The predicted molar refractivity (Wildman–Crippen MR) is 102 cm³/mol. The second kappa shape index (κ2) is 8.36. The molecule has 138 valence electrons. The van der Waals surface area contributed by atoms with Gasteiger partial charge in [-0.15, -0.1) is 11.3 Å². The lowest BCUT2D eigenvalue weighted by Crippen LogP contribution is -2.38. The molecule has 0 saturated heterocycles. The molecule has 0 amide bonds. The maximum atomic E-state index is 13.5. The second-order valence-corrected chi connectivity index (χ2v) is 7.20. The van der Waals surface area contributed by atoms with E-state index in [0.717, 1.165) is 0 Å². The standard InChI is InChI=1S/C17H18BrFN4O2S/c1-2-25-17(24)13-12(8-20)22-15(16-21-5-6-26-16)23-14(13)10-4-3-9(19)7-11(10)18/h3-7,14,17,24H,2,8,20H2,1H3,(H,22,23). The van der Waals surface area contributed by atoms with Gasteiger partial charge in [0.05, 0.1) is 0 Å². The van der Waals surface area contributed by atoms with Crippen LogP contribution in [0.1, 0.15) is 23.5 Å². The molecule has 0 saturated carbocycles. The zero-order valence-electron chi connectivity index (χ0n) is 13.9. The summed E-state index contributed by atoms with van der Waals surface area (Å²) in [7, 11) is 0. The molecule has 0 fully saturated rings. The lowest BCUT2D eigenvalue weighted by molar-refractivity contribution is -0.0712. The van der Waals surface area contributed by atoms with Gasteiger partial charge >= 0.3 is 0 Å². The Morgan fingerprint density at radius 3 is 2.92 bits per heavy atom. The number of hydrogen-bond donors (Lipinski definition) is 3. The molecule has 1 aromatic carbocycles. The highest BCUT2D eigenvalue weighted by Crippen LogP contribution is 2.37. The largest absolute Gasteiger partial charge is 0.364 e. The third kappa shape index (κ3) is 3.86. The van der Waals surface area contributed by atoms with Crippen molar-refractivity contribution < 1.29 is 14.2 Å². The van der Waals surface area contributed by atoms with Crippen molar-refractivity contribution in [2.75, 3.05) is 13.2 Å². The van der Waals surface area contributed by atoms with Crippen LogP contribution in [0, 0.1) is 5.82 Å². The molecule has 0 radical (unpaired) electrons. The molecule has 9 heteroatoms. The smallest absolute Gasteiger partial charge is 0.181 e. The molecule has 1 aliphatic heterocycles. The van der Waals surface area contributed by atoms with Gasteiger partial charge in [0.25, 0.3) is 0 Å². The van der Waals surface area contributed by atoms with Crippen LogP contribution in [0.15, 0.2) is 50.5 Å². The van der Waals surface area contributed by atoms with E-state index in [0.29, 0.717) is 38.8 Å². The summed E-state index contributed by atoms with van der Waals surface area (Å²) < 4.78 is 19.5. The normalized spacial score (nSPS) is 18.5. The number of aliphatic imine (C=N–C) groups is 1. The molecule has 1 aromatic heterocycles. The Bertz CT molecular complexity index is 841. The fraction of sp³-hybridized carbons (Fsp3) is 0.294. The number of ether oxygens (including phenoxy) is 1. The number of aliphatic hydroxyl groups is 1. The first-order valence-electron chi connectivity index (χ1n) is 7.97. The van der Waals surface area contributed by atoms with E-state index in [1.165, 1.54) is 23.5 Å². The minimum Gasteiger partial charge on any atom is -0.364 e. The SMILES string of the molecule is CCOC(O)C1=C(CN)NC(c2nccs2)=NC1c1ccc(F)cc1Br. The molecular weight excluding hydrogens is 423 g/mol. The second-order valence-electron chi connectivity index (χ2n) is 5.45. The zero-order chi connectivity index (χ0) is 18.7. The summed E-state index contributed by atoms with van der Waals surface area (Å²) in [5, 5.41) is 16.2. The van der Waals surface area contributed by atoms with E-state index in [4.69, 9.17) is 15.5 Å². The van der Waals surface area contributed by atoms with Gasteiger partial charge in [-0.05, 0) is 24.6 Å². The Hall–Kier alpha value is -1.65. The van der Waals surface area contributed by atoms with Crippen molar-refractivity contribution in [2.45, 2.75) is 19.3 Å². The topological polar surface area (TPSA) is 92.8 Å². The van der Waals surface area contributed by atoms with Gasteiger partial charge in [0.15, 0.2) is 17.1 Å². The molecule has 2 unspecified atom stereocenters. The van der Waals surface area contributed by atoms with Crippen LogP contribution in [0.5, 0.6) is 0 Å². The predicted octanol–water partition coefficient (Wildman–Crippen LogP) is 2.70. The quantitative estimate of drug-likeness (QED) is 0.600. The highest BCUT2D eigenvalue weighted by atomic mass is 79.9. The van der Waals surface area contributed by atoms with Crippen molar-refractivity contribution in [1.29, 1.82) is 0 Å². The van der Waals surface area contributed by atoms with Crippen molar-refractivity contribution in [3.05, 3.63) is 61.9 Å². The Labute approximate surface area is 162 Å². The fourth-order valence-corrected chi connectivity index (χ4v) is 3.88. The van der Waals surface area contributed by atoms with Crippen LogP contribution < -0.4 is 11.1 Å². The summed E-state index contributed by atoms with van der Waals surface area (Å²) >= 11 is 4.82. The molecule has 1 aliphatic rings. The van der Waals surface area contributed by atoms with E-state index in [1.807, 2.05) is 5.38 Å². The first kappa shape index (κ1) is 19.1. The number of hydrogen-bond acceptors (Lipinski definition) is 7. The summed E-state index contributed by atoms with van der Waals surface area (Å²) in [6.07, 6.45) is 0.498. The van der Waals surface area contributed by atoms with Crippen LogP contribution in [-0.2, 0) is 4.74 Å². The summed E-state index contributed by atoms with van der Waals surface area (Å²) in [4.78, 5) is 8.99. The zero-order valence-corrected chi connectivity index (χ0v) is 16.3. The number of halogens is 2. The third-order valence-corrected chi connectivity index (χ3v) is 5.32. The first-order chi connectivity index (χ1) is 12.5. The van der Waals surface area contributed by atoms with Crippen molar-refractivity contribution >= 4 is 33.1 Å². The van der Waals surface area contributed by atoms with E-state index in [-0.39, 0.29) is 12.4 Å². The van der Waals surface area contributed by atoms with Crippen LogP contribution >= 0.6 is 27.3 Å². The number of nitrogens with zero attached hydrogens (tertiary/aromatic N) is 2. The van der Waals surface area contributed by atoms with E-state index in [1.54, 1.807) is 19.2 Å². The summed E-state index contributed by atoms with van der Waals surface area (Å²) in [6, 6.07) is 3.76. The molecule has 2 heterocycles. The van der Waals surface area contributed by atoms with Crippen LogP contribution in [0.2, 0.25) is 0 Å². The van der Waals surface area contributed by atoms with Gasteiger partial charge in [0.1, 0.15) is 11.9 Å². The Kier molecular flexibility index (Phi) is 6.15. The number of benzene rings is 1. The molecule has 0 aliphatic carbocycles. The highest BCUT2D eigenvalue weighted by molar-refractivity contribution is 9.10. The van der Waals surface area contributed by atoms with Crippen molar-refractivity contribution in [3.8, 4) is 0 Å². The van der Waals surface area contributed by atoms with E-state index >= 15 is 0 Å². The average Bonchev–Trinajstić information content (AvgIpc) is 3.15. The lowest BCUT2D eigenvalue weighted by atomic mass is 9.95. The number of amidine groups is 1. The number of aromatic nitrogens is 1. The number of aliphatic hydroxyl groups excluding tert-OH is 1. The number of rotatable bonds is 6. The van der Waals surface area contributed by atoms with Gasteiger partial charge < -0.3 is 20.9 Å². The first-order valence-corrected chi connectivity index (χ1v) is 9.64. The van der Waals surface area contributed by atoms with E-state index in [9.17, 15) is 9.50 Å². The van der Waals surface area contributed by atoms with Crippen molar-refractivity contribution in [3.63, 3.8) is 0 Å². The van der Waals surface area contributed by atoms with Gasteiger partial charge in [-0.25, -0.2) is 9.37 Å². The van der Waals surface area contributed by atoms with Gasteiger partial charge in [-0.1, -0.05) is 22.0 Å². The fourth-order valence-electron chi connectivity index (χ4n) is 2.72. The number of nitrogens with two attached hydrogens (primary N) is 1. The summed E-state index contributed by atoms with van der Waals surface area (Å²) in [5.41, 5.74) is 7.72. The lowest BCUT2D eigenvalue weighted by Gasteiger charge is -2.30. The molecule has 2 aromatic rings. The monoisotopic (exact) mass is 440 g/mol. The molecule has 3 rings (SSSR count). The Morgan fingerprint density at radius 2 is 2.31 bits per heavy atom. The van der Waals surface area contributed by atoms with Gasteiger partial charge in [-0.3, -0.25) is 4.99 Å². The summed E-state index contributed by atoms with van der Waals surface area (Å²) in [6.45, 7) is 2.26. The minimum atomic E-state index is -1.19. The van der Waals surface area contributed by atoms with Crippen molar-refractivity contribution in [1.82, 2.24) is 10.3 Å². The minimum absolute atomic E-state index is 0.152. The van der Waals surface area contributed by atoms with Gasteiger partial charge in [0.2, 0.25) is 0 Å². The van der Waals surface area contributed by atoms with Crippen LogP contribution in [0.3, 0.4) is 0 Å². The van der Waals surface area contributed by atoms with Crippen LogP contribution in [-0.4, -0.2) is 35.4 Å². The maximum Gasteiger partial charge on any atom is 0.181 e. The maximum absolute atomic E-state index is 13.5. The van der Waals surface area contributed by atoms with Gasteiger partial charge in [0, 0.05) is 40.5 Å². The number of thiazole rings is 1. The third-order valence-electron chi connectivity index (χ3n) is 3.86. The molecule has 4 N–H and O–H groups in total. The Morgan fingerprint density at radius 1 is 1.50 bits per heavy atom. The molecule has 26 heavy (non-hydrogen) atoms. The van der Waals surface area contributed by atoms with E-state index in [2.05, 4.69) is 26.2 Å².